The molecule has 0 saturated heterocycles. The van der Waals surface area contributed by atoms with Crippen LogP contribution in [0.25, 0.3) is 0 Å². The van der Waals surface area contributed by atoms with Gasteiger partial charge in [-0.05, 0) is 43.0 Å². The van der Waals surface area contributed by atoms with Gasteiger partial charge < -0.3 is 21.7 Å². The van der Waals surface area contributed by atoms with Crippen molar-refractivity contribution in [2.24, 2.45) is 10.7 Å². The van der Waals surface area contributed by atoms with Crippen molar-refractivity contribution in [2.75, 3.05) is 19.6 Å². The van der Waals surface area contributed by atoms with Gasteiger partial charge in [0, 0.05) is 24.1 Å². The van der Waals surface area contributed by atoms with Gasteiger partial charge >= 0.3 is 0 Å². The van der Waals surface area contributed by atoms with Crippen molar-refractivity contribution in [1.29, 1.82) is 0 Å². The monoisotopic (exact) mass is 565 g/mol. The fourth-order valence-electron chi connectivity index (χ4n) is 3.60. The van der Waals surface area contributed by atoms with Gasteiger partial charge in [0.1, 0.15) is 0 Å². The van der Waals surface area contributed by atoms with E-state index in [1.807, 2.05) is 25.1 Å². The van der Waals surface area contributed by atoms with E-state index in [9.17, 15) is 9.59 Å². The number of aliphatic imine (C=N–C) groups is 1. The maximum Gasteiger partial charge on any atom is 0.251 e. The average Bonchev–Trinajstić information content (AvgIpc) is 2.82. The second kappa shape index (κ2) is 14.5. The first-order chi connectivity index (χ1) is 15.4. The molecular weight excluding hydrogens is 529 g/mol. The molecule has 0 aliphatic rings. The molecule has 0 unspecified atom stereocenters. The Bertz CT molecular complexity index is 897. The first kappa shape index (κ1) is 28.4. The highest BCUT2D eigenvalue weighted by molar-refractivity contribution is 14.0. The van der Waals surface area contributed by atoms with Gasteiger partial charge in [-0.2, -0.15) is 0 Å². The number of carbonyl (C=O) groups is 2. The number of amides is 2. The summed E-state index contributed by atoms with van der Waals surface area (Å²) in [7, 11) is 0. The summed E-state index contributed by atoms with van der Waals surface area (Å²) in [5.74, 6) is -0.140. The summed E-state index contributed by atoms with van der Waals surface area (Å²) in [6, 6.07) is 17.8. The van der Waals surface area contributed by atoms with Crippen LogP contribution in [0.5, 0.6) is 0 Å². The standard InChI is InChI=1S/C25H35N5O2.HI/c1-4-25(5-2,21-10-8-7-9-11-21)18-30-24(27-6-3)29-16-19-12-14-20(15-13-19)23(32)28-17-22(26)31;/h7-15H,4-6,16-18H2,1-3H3,(H2,26,31)(H,28,32)(H2,27,29,30);1H. The molecule has 5 N–H and O–H groups in total. The molecule has 0 spiro atoms. The fourth-order valence-corrected chi connectivity index (χ4v) is 3.60. The summed E-state index contributed by atoms with van der Waals surface area (Å²) >= 11 is 0. The topological polar surface area (TPSA) is 109 Å². The van der Waals surface area contributed by atoms with Gasteiger partial charge in [-0.25, -0.2) is 4.99 Å². The highest BCUT2D eigenvalue weighted by Crippen LogP contribution is 2.30. The van der Waals surface area contributed by atoms with Crippen LogP contribution in [-0.4, -0.2) is 37.4 Å². The molecule has 0 aromatic heterocycles. The molecule has 7 nitrogen and oxygen atoms in total. The molecule has 180 valence electrons. The number of rotatable bonds is 11. The van der Waals surface area contributed by atoms with Crippen molar-refractivity contribution in [3.8, 4) is 0 Å². The number of halogens is 1. The third-order valence-electron chi connectivity index (χ3n) is 5.74. The van der Waals surface area contributed by atoms with Gasteiger partial charge in [0.2, 0.25) is 5.91 Å². The van der Waals surface area contributed by atoms with Gasteiger partial charge in [0.05, 0.1) is 13.1 Å². The number of carbonyl (C=O) groups excluding carboxylic acids is 2. The zero-order chi connectivity index (χ0) is 23.4. The number of benzene rings is 2. The number of hydrogen-bond donors (Lipinski definition) is 4. The predicted octanol–water partition coefficient (Wildman–Crippen LogP) is 3.33. The Hall–Kier alpha value is -2.62. The van der Waals surface area contributed by atoms with Crippen LogP contribution >= 0.6 is 24.0 Å². The van der Waals surface area contributed by atoms with Gasteiger partial charge in [0.15, 0.2) is 5.96 Å². The van der Waals surface area contributed by atoms with Crippen molar-refractivity contribution in [1.82, 2.24) is 16.0 Å². The van der Waals surface area contributed by atoms with Gasteiger partial charge in [-0.3, -0.25) is 9.59 Å². The van der Waals surface area contributed by atoms with Crippen LogP contribution in [0.2, 0.25) is 0 Å². The smallest absolute Gasteiger partial charge is 0.251 e. The number of guanidine groups is 1. The minimum Gasteiger partial charge on any atom is -0.368 e. The average molecular weight is 566 g/mol. The number of nitrogens with two attached hydrogens (primary N) is 1. The Morgan fingerprint density at radius 2 is 1.55 bits per heavy atom. The highest BCUT2D eigenvalue weighted by Gasteiger charge is 2.28. The first-order valence-corrected chi connectivity index (χ1v) is 11.2. The summed E-state index contributed by atoms with van der Waals surface area (Å²) in [6.45, 7) is 8.35. The normalized spacial score (nSPS) is 11.3. The summed E-state index contributed by atoms with van der Waals surface area (Å²) < 4.78 is 0. The Kier molecular flexibility index (Phi) is 12.5. The molecule has 2 aromatic rings. The summed E-state index contributed by atoms with van der Waals surface area (Å²) in [4.78, 5) is 27.5. The van der Waals surface area contributed by atoms with Crippen molar-refractivity contribution in [3.05, 3.63) is 71.3 Å². The van der Waals surface area contributed by atoms with E-state index in [0.29, 0.717) is 12.1 Å². The molecule has 8 heteroatoms. The lowest BCUT2D eigenvalue weighted by atomic mass is 9.76. The lowest BCUT2D eigenvalue weighted by Crippen LogP contribution is -2.45. The fraction of sp³-hybridized carbons (Fsp3) is 0.400. The lowest BCUT2D eigenvalue weighted by Gasteiger charge is -2.33. The van der Waals surface area contributed by atoms with E-state index in [4.69, 9.17) is 10.7 Å². The Morgan fingerprint density at radius 3 is 2.09 bits per heavy atom. The Balaban J connectivity index is 0.00000544. The maximum atomic E-state index is 12.0. The number of nitrogens with zero attached hydrogens (tertiary/aromatic N) is 1. The van der Waals surface area contributed by atoms with E-state index >= 15 is 0 Å². The minimum atomic E-state index is -0.574. The second-order valence-corrected chi connectivity index (χ2v) is 7.75. The van der Waals surface area contributed by atoms with Gasteiger partial charge in [-0.1, -0.05) is 56.3 Å². The predicted molar refractivity (Wildman–Crippen MR) is 145 cm³/mol. The third kappa shape index (κ3) is 8.68. The van der Waals surface area contributed by atoms with E-state index < -0.39 is 5.91 Å². The molecule has 2 rings (SSSR count). The summed E-state index contributed by atoms with van der Waals surface area (Å²) in [5, 5.41) is 9.31. The molecule has 0 heterocycles. The second-order valence-electron chi connectivity index (χ2n) is 7.75. The first-order valence-electron chi connectivity index (χ1n) is 11.2. The minimum absolute atomic E-state index is 0. The van der Waals surface area contributed by atoms with E-state index in [0.717, 1.165) is 37.5 Å². The maximum absolute atomic E-state index is 12.0. The molecule has 0 bridgehead atoms. The van der Waals surface area contributed by atoms with E-state index in [1.165, 1.54) is 5.56 Å². The third-order valence-corrected chi connectivity index (χ3v) is 5.74. The van der Waals surface area contributed by atoms with Crippen LogP contribution in [-0.2, 0) is 16.8 Å². The Morgan fingerprint density at radius 1 is 0.909 bits per heavy atom. The largest absolute Gasteiger partial charge is 0.368 e. The highest BCUT2D eigenvalue weighted by atomic mass is 127. The lowest BCUT2D eigenvalue weighted by molar-refractivity contribution is -0.117. The SMILES string of the molecule is CCNC(=NCc1ccc(C(=O)NCC(N)=O)cc1)NCC(CC)(CC)c1ccccc1.I. The summed E-state index contributed by atoms with van der Waals surface area (Å²) in [6.07, 6.45) is 2.05. The van der Waals surface area contributed by atoms with Crippen molar-refractivity contribution in [3.63, 3.8) is 0 Å². The molecule has 33 heavy (non-hydrogen) atoms. The molecule has 0 aliphatic heterocycles. The van der Waals surface area contributed by atoms with E-state index in [1.54, 1.807) is 12.1 Å². The quantitative estimate of drug-likeness (QED) is 0.191. The van der Waals surface area contributed by atoms with E-state index in [2.05, 4.69) is 54.1 Å². The molecule has 2 amide bonds. The molecule has 0 saturated carbocycles. The van der Waals surface area contributed by atoms with Crippen molar-refractivity contribution >= 4 is 41.8 Å². The van der Waals surface area contributed by atoms with Crippen LogP contribution in [0, 0.1) is 0 Å². The number of nitrogens with one attached hydrogen (secondary N) is 3. The summed E-state index contributed by atoms with van der Waals surface area (Å²) in [5.41, 5.74) is 7.88. The molecule has 0 atom stereocenters. The van der Waals surface area contributed by atoms with Crippen LogP contribution in [0.15, 0.2) is 59.6 Å². The number of primary amides is 1. The van der Waals surface area contributed by atoms with Crippen LogP contribution < -0.4 is 21.7 Å². The van der Waals surface area contributed by atoms with E-state index in [-0.39, 0.29) is 41.8 Å². The molecule has 0 fully saturated rings. The van der Waals surface area contributed by atoms with Crippen LogP contribution in [0.3, 0.4) is 0 Å². The van der Waals surface area contributed by atoms with Crippen LogP contribution in [0.4, 0.5) is 0 Å². The molecule has 2 aromatic carbocycles. The molecular formula is C25H36IN5O2. The molecule has 0 radical (unpaired) electrons. The van der Waals surface area contributed by atoms with Gasteiger partial charge in [0.25, 0.3) is 5.91 Å². The van der Waals surface area contributed by atoms with Crippen molar-refractivity contribution < 1.29 is 9.59 Å². The number of hydrogen-bond acceptors (Lipinski definition) is 3. The zero-order valence-electron chi connectivity index (χ0n) is 19.7. The van der Waals surface area contributed by atoms with Crippen LogP contribution in [0.1, 0.15) is 55.1 Å². The van der Waals surface area contributed by atoms with Gasteiger partial charge in [-0.15, -0.1) is 24.0 Å². The zero-order valence-corrected chi connectivity index (χ0v) is 22.0. The van der Waals surface area contributed by atoms with Crippen molar-refractivity contribution in [2.45, 2.75) is 45.6 Å². The molecule has 0 aliphatic carbocycles. The Labute approximate surface area is 214 Å².